The van der Waals surface area contributed by atoms with E-state index in [-0.39, 0.29) is 22.6 Å². The number of aliphatic carboxylic acids is 1. The first-order valence-electron chi connectivity index (χ1n) is 7.64. The number of carbonyl (C=O) groups excluding carboxylic acids is 2. The minimum Gasteiger partial charge on any atom is -0.493 e. The van der Waals surface area contributed by atoms with Gasteiger partial charge >= 0.3 is 17.8 Å². The number of amides is 2. The van der Waals surface area contributed by atoms with E-state index in [9.17, 15) is 14.4 Å². The van der Waals surface area contributed by atoms with Gasteiger partial charge in [0.15, 0.2) is 18.1 Å². The largest absolute Gasteiger partial charge is 0.493 e. The van der Waals surface area contributed by atoms with E-state index >= 15 is 0 Å². The molecule has 0 saturated heterocycles. The molecule has 0 aromatic heterocycles. The van der Waals surface area contributed by atoms with Crippen molar-refractivity contribution in [3.05, 3.63) is 22.7 Å². The number of carboxylic acids is 1. The summed E-state index contributed by atoms with van der Waals surface area (Å²) in [4.78, 5) is 33.8. The van der Waals surface area contributed by atoms with Gasteiger partial charge in [-0.2, -0.15) is 5.10 Å². The van der Waals surface area contributed by atoms with Gasteiger partial charge in [0.1, 0.15) is 0 Å². The number of hydrogen-bond donors (Lipinski definition) is 3. The number of benzene rings is 1. The van der Waals surface area contributed by atoms with Crippen LogP contribution in [-0.2, 0) is 14.4 Å². The highest BCUT2D eigenvalue weighted by atomic mass is 35.5. The number of carboxylic acid groups (broad SMARTS) is 1. The normalized spacial score (nSPS) is 11.7. The van der Waals surface area contributed by atoms with E-state index in [4.69, 9.17) is 26.2 Å². The lowest BCUT2D eigenvalue weighted by molar-refractivity contribution is -0.139. The highest BCUT2D eigenvalue weighted by Gasteiger charge is 2.15. The van der Waals surface area contributed by atoms with E-state index in [1.54, 1.807) is 6.92 Å². The molecule has 0 aliphatic heterocycles. The minimum absolute atomic E-state index is 0.0747. The molecule has 0 saturated carbocycles. The number of hydrogen-bond acceptors (Lipinski definition) is 6. The van der Waals surface area contributed by atoms with Crippen LogP contribution in [0.25, 0.3) is 0 Å². The summed E-state index contributed by atoms with van der Waals surface area (Å²) in [7, 11) is 1.36. The van der Waals surface area contributed by atoms with Gasteiger partial charge in [0.05, 0.1) is 18.3 Å². The summed E-state index contributed by atoms with van der Waals surface area (Å²) >= 11 is 6.05. The van der Waals surface area contributed by atoms with Gasteiger partial charge in [0.25, 0.3) is 0 Å². The second-order valence-electron chi connectivity index (χ2n) is 5.20. The van der Waals surface area contributed by atoms with Crippen LogP contribution in [0.5, 0.6) is 11.5 Å². The van der Waals surface area contributed by atoms with Crippen LogP contribution in [0.3, 0.4) is 0 Å². The monoisotopic (exact) mass is 385 g/mol. The van der Waals surface area contributed by atoms with Crippen LogP contribution < -0.4 is 20.2 Å². The summed E-state index contributed by atoms with van der Waals surface area (Å²) in [6.45, 7) is 3.07. The molecule has 9 nitrogen and oxygen atoms in total. The Labute approximate surface area is 155 Å². The van der Waals surface area contributed by atoms with E-state index in [0.717, 1.165) is 0 Å². The quantitative estimate of drug-likeness (QED) is 0.350. The molecule has 3 N–H and O–H groups in total. The Balaban J connectivity index is 2.79. The van der Waals surface area contributed by atoms with Crippen LogP contribution in [0.2, 0.25) is 5.02 Å². The van der Waals surface area contributed by atoms with Crippen LogP contribution in [0.4, 0.5) is 0 Å². The van der Waals surface area contributed by atoms with E-state index in [1.807, 2.05) is 6.92 Å². The van der Waals surface area contributed by atoms with Gasteiger partial charge in [-0.15, -0.1) is 0 Å². The Morgan fingerprint density at radius 2 is 2.04 bits per heavy atom. The summed E-state index contributed by atoms with van der Waals surface area (Å²) in [6.07, 6.45) is 1.95. The standard InChI is InChI=1S/C16H20ClN3O6/c1-4-9(2)19-15(23)16(24)20-18-7-10-5-11(17)14(12(6-10)25-3)26-8-13(21)22/h5-7,9H,4,8H2,1-3H3,(H,19,23)(H,20,24)(H,21,22)/b18-7-/t9-/m0/s1. The van der Waals surface area contributed by atoms with E-state index < -0.39 is 24.4 Å². The predicted molar refractivity (Wildman–Crippen MR) is 94.8 cm³/mol. The van der Waals surface area contributed by atoms with Crippen LogP contribution in [-0.4, -0.2) is 48.9 Å². The van der Waals surface area contributed by atoms with Crippen LogP contribution >= 0.6 is 11.6 Å². The Hall–Kier alpha value is -2.81. The average Bonchev–Trinajstić information content (AvgIpc) is 2.59. The second-order valence-corrected chi connectivity index (χ2v) is 5.61. The first kappa shape index (κ1) is 21.2. The Morgan fingerprint density at radius 3 is 2.62 bits per heavy atom. The fourth-order valence-corrected chi connectivity index (χ4v) is 1.97. The number of halogens is 1. The van der Waals surface area contributed by atoms with Gasteiger partial charge in [-0.1, -0.05) is 18.5 Å². The molecule has 0 radical (unpaired) electrons. The molecule has 1 aromatic carbocycles. The summed E-state index contributed by atoms with van der Waals surface area (Å²) in [5.74, 6) is -2.58. The van der Waals surface area contributed by atoms with Crippen molar-refractivity contribution in [3.63, 3.8) is 0 Å². The summed E-state index contributed by atoms with van der Waals surface area (Å²) in [5, 5.41) is 15.0. The third-order valence-electron chi connectivity index (χ3n) is 3.17. The lowest BCUT2D eigenvalue weighted by atomic mass is 10.2. The molecule has 0 unspecified atom stereocenters. The Bertz CT molecular complexity index is 707. The lowest BCUT2D eigenvalue weighted by Gasteiger charge is -2.12. The summed E-state index contributed by atoms with van der Waals surface area (Å²) in [6, 6.07) is 2.80. The molecule has 1 aromatic rings. The average molecular weight is 386 g/mol. The topological polar surface area (TPSA) is 126 Å². The number of hydrazone groups is 1. The van der Waals surface area contributed by atoms with Crippen molar-refractivity contribution in [2.24, 2.45) is 5.10 Å². The molecular formula is C16H20ClN3O6. The van der Waals surface area contributed by atoms with Crippen LogP contribution in [0.1, 0.15) is 25.8 Å². The van der Waals surface area contributed by atoms with E-state index in [2.05, 4.69) is 15.8 Å². The zero-order valence-electron chi connectivity index (χ0n) is 14.5. The maximum absolute atomic E-state index is 11.6. The van der Waals surface area contributed by atoms with Gasteiger partial charge in [-0.05, 0) is 31.0 Å². The number of nitrogens with zero attached hydrogens (tertiary/aromatic N) is 1. The zero-order valence-corrected chi connectivity index (χ0v) is 15.3. The number of carbonyl (C=O) groups is 3. The number of methoxy groups -OCH3 is 1. The van der Waals surface area contributed by atoms with Gasteiger partial charge in [-0.25, -0.2) is 10.2 Å². The van der Waals surface area contributed by atoms with Gasteiger partial charge in [0.2, 0.25) is 0 Å². The predicted octanol–water partition coefficient (Wildman–Crippen LogP) is 1.18. The molecule has 26 heavy (non-hydrogen) atoms. The molecule has 10 heteroatoms. The second kappa shape index (κ2) is 10.2. The van der Waals surface area contributed by atoms with Crippen LogP contribution in [0.15, 0.2) is 17.2 Å². The van der Waals surface area contributed by atoms with E-state index in [1.165, 1.54) is 25.5 Å². The van der Waals surface area contributed by atoms with E-state index in [0.29, 0.717) is 12.0 Å². The first-order valence-corrected chi connectivity index (χ1v) is 8.02. The Morgan fingerprint density at radius 1 is 1.35 bits per heavy atom. The smallest absolute Gasteiger partial charge is 0.341 e. The molecule has 0 heterocycles. The lowest BCUT2D eigenvalue weighted by Crippen LogP contribution is -2.41. The van der Waals surface area contributed by atoms with Gasteiger partial charge in [0, 0.05) is 6.04 Å². The van der Waals surface area contributed by atoms with Crippen molar-refractivity contribution < 1.29 is 29.0 Å². The molecule has 0 spiro atoms. The molecule has 1 atom stereocenters. The fraction of sp³-hybridized carbons (Fsp3) is 0.375. The van der Waals surface area contributed by atoms with Crippen LogP contribution in [0, 0.1) is 0 Å². The molecule has 0 bridgehead atoms. The van der Waals surface area contributed by atoms with Crippen molar-refractivity contribution in [1.82, 2.24) is 10.7 Å². The maximum Gasteiger partial charge on any atom is 0.341 e. The van der Waals surface area contributed by atoms with Crippen molar-refractivity contribution in [2.45, 2.75) is 26.3 Å². The van der Waals surface area contributed by atoms with Crippen molar-refractivity contribution >= 4 is 35.6 Å². The fourth-order valence-electron chi connectivity index (χ4n) is 1.70. The van der Waals surface area contributed by atoms with Crippen molar-refractivity contribution in [2.75, 3.05) is 13.7 Å². The van der Waals surface area contributed by atoms with Gasteiger partial charge < -0.3 is 19.9 Å². The third kappa shape index (κ3) is 6.60. The van der Waals surface area contributed by atoms with Gasteiger partial charge in [-0.3, -0.25) is 9.59 Å². The summed E-state index contributed by atoms with van der Waals surface area (Å²) < 4.78 is 10.2. The molecule has 0 fully saturated rings. The third-order valence-corrected chi connectivity index (χ3v) is 3.45. The number of rotatable bonds is 8. The van der Waals surface area contributed by atoms with Crippen molar-refractivity contribution in [1.29, 1.82) is 0 Å². The molecular weight excluding hydrogens is 366 g/mol. The molecule has 0 aliphatic rings. The summed E-state index contributed by atoms with van der Waals surface area (Å²) in [5.41, 5.74) is 2.54. The molecule has 0 aliphatic carbocycles. The zero-order chi connectivity index (χ0) is 19.7. The number of nitrogens with one attached hydrogen (secondary N) is 2. The SMILES string of the molecule is CC[C@H](C)NC(=O)C(=O)N/N=C\c1cc(Cl)c(OCC(=O)O)c(OC)c1. The minimum atomic E-state index is -1.16. The number of ether oxygens (including phenoxy) is 2. The molecule has 142 valence electrons. The first-order chi connectivity index (χ1) is 12.3. The Kier molecular flexibility index (Phi) is 8.36. The molecule has 1 rings (SSSR count). The maximum atomic E-state index is 11.6. The highest BCUT2D eigenvalue weighted by Crippen LogP contribution is 2.35. The highest BCUT2D eigenvalue weighted by molar-refractivity contribution is 6.35. The van der Waals surface area contributed by atoms with Crippen molar-refractivity contribution in [3.8, 4) is 11.5 Å². The molecule has 2 amide bonds.